The summed E-state index contributed by atoms with van der Waals surface area (Å²) in [5.74, 6) is -0.249. The van der Waals surface area contributed by atoms with Crippen molar-refractivity contribution >= 4 is 38.5 Å². The molecule has 0 spiro atoms. The van der Waals surface area contributed by atoms with Gasteiger partial charge in [0.2, 0.25) is 15.9 Å². The number of anilines is 1. The Morgan fingerprint density at radius 1 is 0.889 bits per heavy atom. The Balaban J connectivity index is 1.54. The number of fused-ring (bicyclic) bond motifs is 1. The Kier molecular flexibility index (Phi) is 6.01. The molecular formula is C21H20N2O3S. The molecular weight excluding hydrogens is 360 g/mol. The molecule has 0 aliphatic rings. The Bertz CT molecular complexity index is 1060. The van der Waals surface area contributed by atoms with Crippen LogP contribution in [0.15, 0.2) is 78.2 Å². The van der Waals surface area contributed by atoms with Gasteiger partial charge in [-0.25, -0.2) is 13.1 Å². The molecule has 0 radical (unpaired) electrons. The lowest BCUT2D eigenvalue weighted by molar-refractivity contribution is -0.116. The molecule has 5 nitrogen and oxygen atoms in total. The van der Waals surface area contributed by atoms with E-state index >= 15 is 0 Å². The SMILES string of the molecule is O=C(CCNS(=O)(=O)/C=C/c1ccccc1)Nc1cccc2ccccc12. The monoisotopic (exact) mass is 380 g/mol. The molecule has 0 aromatic heterocycles. The van der Waals surface area contributed by atoms with Crippen molar-refractivity contribution in [3.05, 3.63) is 83.8 Å². The number of benzene rings is 3. The molecule has 6 heteroatoms. The minimum Gasteiger partial charge on any atom is -0.325 e. The van der Waals surface area contributed by atoms with Crippen LogP contribution < -0.4 is 10.0 Å². The molecule has 3 aromatic carbocycles. The number of amides is 1. The quantitative estimate of drug-likeness (QED) is 0.655. The molecule has 0 saturated heterocycles. The second kappa shape index (κ2) is 8.62. The molecule has 0 heterocycles. The summed E-state index contributed by atoms with van der Waals surface area (Å²) in [6, 6.07) is 22.6. The van der Waals surface area contributed by atoms with Crippen molar-refractivity contribution < 1.29 is 13.2 Å². The topological polar surface area (TPSA) is 75.3 Å². The highest BCUT2D eigenvalue weighted by atomic mass is 32.2. The van der Waals surface area contributed by atoms with Gasteiger partial charge in [-0.05, 0) is 23.1 Å². The van der Waals surface area contributed by atoms with Crippen molar-refractivity contribution in [1.29, 1.82) is 0 Å². The lowest BCUT2D eigenvalue weighted by atomic mass is 10.1. The van der Waals surface area contributed by atoms with Crippen LogP contribution in [0.3, 0.4) is 0 Å². The molecule has 0 atom stereocenters. The first kappa shape index (κ1) is 18.8. The molecule has 3 aromatic rings. The van der Waals surface area contributed by atoms with E-state index in [4.69, 9.17) is 0 Å². The van der Waals surface area contributed by atoms with Crippen LogP contribution in [0, 0.1) is 0 Å². The van der Waals surface area contributed by atoms with Crippen LogP contribution in [0.5, 0.6) is 0 Å². The molecule has 0 aliphatic heterocycles. The van der Waals surface area contributed by atoms with Gasteiger partial charge in [-0.15, -0.1) is 0 Å². The van der Waals surface area contributed by atoms with Gasteiger partial charge in [0.1, 0.15) is 0 Å². The minimum atomic E-state index is -3.59. The van der Waals surface area contributed by atoms with E-state index in [1.54, 1.807) is 0 Å². The van der Waals surface area contributed by atoms with E-state index in [-0.39, 0.29) is 18.9 Å². The number of carbonyl (C=O) groups excluding carboxylic acids is 1. The number of rotatable bonds is 7. The summed E-state index contributed by atoms with van der Waals surface area (Å²) in [5, 5.41) is 5.91. The molecule has 2 N–H and O–H groups in total. The molecule has 138 valence electrons. The van der Waals surface area contributed by atoms with Gasteiger partial charge in [-0.1, -0.05) is 66.7 Å². The van der Waals surface area contributed by atoms with E-state index in [1.807, 2.05) is 72.8 Å². The van der Waals surface area contributed by atoms with Crippen LogP contribution in [0.1, 0.15) is 12.0 Å². The first-order chi connectivity index (χ1) is 13.0. The van der Waals surface area contributed by atoms with Crippen molar-refractivity contribution in [3.63, 3.8) is 0 Å². The van der Waals surface area contributed by atoms with Crippen molar-refractivity contribution in [2.24, 2.45) is 0 Å². The van der Waals surface area contributed by atoms with Crippen LogP contribution in [-0.2, 0) is 14.8 Å². The summed E-state index contributed by atoms with van der Waals surface area (Å²) >= 11 is 0. The maximum atomic E-state index is 12.2. The largest absolute Gasteiger partial charge is 0.325 e. The fraction of sp³-hybridized carbons (Fsp3) is 0.0952. The summed E-state index contributed by atoms with van der Waals surface area (Å²) in [6.45, 7) is 0.0259. The summed E-state index contributed by atoms with van der Waals surface area (Å²) < 4.78 is 26.4. The Morgan fingerprint density at radius 2 is 1.59 bits per heavy atom. The van der Waals surface area contributed by atoms with E-state index in [0.717, 1.165) is 21.7 Å². The molecule has 0 unspecified atom stereocenters. The molecule has 0 bridgehead atoms. The fourth-order valence-corrected chi connectivity index (χ4v) is 3.45. The van der Waals surface area contributed by atoms with Crippen LogP contribution in [-0.4, -0.2) is 20.9 Å². The third kappa shape index (κ3) is 5.51. The Hall–Kier alpha value is -2.96. The number of nitrogens with one attached hydrogen (secondary N) is 2. The zero-order valence-electron chi connectivity index (χ0n) is 14.6. The van der Waals surface area contributed by atoms with Crippen LogP contribution in [0.25, 0.3) is 16.8 Å². The summed E-state index contributed by atoms with van der Waals surface area (Å²) in [5.41, 5.74) is 1.50. The lowest BCUT2D eigenvalue weighted by Gasteiger charge is -2.09. The van der Waals surface area contributed by atoms with Gasteiger partial charge in [0.15, 0.2) is 0 Å². The van der Waals surface area contributed by atoms with Gasteiger partial charge >= 0.3 is 0 Å². The Labute approximate surface area is 158 Å². The highest BCUT2D eigenvalue weighted by molar-refractivity contribution is 7.92. The van der Waals surface area contributed by atoms with E-state index < -0.39 is 10.0 Å². The van der Waals surface area contributed by atoms with E-state index in [9.17, 15) is 13.2 Å². The molecule has 0 aliphatic carbocycles. The summed E-state index contributed by atoms with van der Waals surface area (Å²) in [7, 11) is -3.59. The number of sulfonamides is 1. The number of hydrogen-bond acceptors (Lipinski definition) is 3. The van der Waals surface area contributed by atoms with Crippen molar-refractivity contribution in [2.45, 2.75) is 6.42 Å². The third-order valence-corrected chi connectivity index (χ3v) is 5.06. The highest BCUT2D eigenvalue weighted by Gasteiger charge is 2.09. The molecule has 0 saturated carbocycles. The van der Waals surface area contributed by atoms with E-state index in [2.05, 4.69) is 10.0 Å². The second-order valence-electron chi connectivity index (χ2n) is 5.98. The van der Waals surface area contributed by atoms with Gasteiger partial charge in [0, 0.05) is 29.4 Å². The fourth-order valence-electron chi connectivity index (χ4n) is 2.63. The summed E-state index contributed by atoms with van der Waals surface area (Å²) in [6.07, 6.45) is 1.56. The maximum absolute atomic E-state index is 12.2. The number of carbonyl (C=O) groups is 1. The van der Waals surface area contributed by atoms with Gasteiger partial charge in [0.25, 0.3) is 0 Å². The van der Waals surface area contributed by atoms with Crippen molar-refractivity contribution in [3.8, 4) is 0 Å². The van der Waals surface area contributed by atoms with Crippen LogP contribution >= 0.6 is 0 Å². The normalized spacial score (nSPS) is 11.7. The van der Waals surface area contributed by atoms with E-state index in [1.165, 1.54) is 6.08 Å². The molecule has 0 fully saturated rings. The van der Waals surface area contributed by atoms with E-state index in [0.29, 0.717) is 5.69 Å². The number of hydrogen-bond donors (Lipinski definition) is 2. The zero-order valence-corrected chi connectivity index (χ0v) is 15.4. The minimum absolute atomic E-state index is 0.0259. The van der Waals surface area contributed by atoms with Crippen LogP contribution in [0.2, 0.25) is 0 Å². The second-order valence-corrected chi connectivity index (χ2v) is 7.63. The predicted molar refractivity (Wildman–Crippen MR) is 110 cm³/mol. The third-order valence-electron chi connectivity index (χ3n) is 3.96. The molecule has 1 amide bonds. The lowest BCUT2D eigenvalue weighted by Crippen LogP contribution is -2.26. The van der Waals surface area contributed by atoms with Gasteiger partial charge in [0.05, 0.1) is 0 Å². The van der Waals surface area contributed by atoms with Crippen LogP contribution in [0.4, 0.5) is 5.69 Å². The average molecular weight is 380 g/mol. The first-order valence-corrected chi connectivity index (χ1v) is 10.1. The summed E-state index contributed by atoms with van der Waals surface area (Å²) in [4.78, 5) is 12.2. The maximum Gasteiger partial charge on any atom is 0.233 e. The molecule has 27 heavy (non-hydrogen) atoms. The van der Waals surface area contributed by atoms with Gasteiger partial charge < -0.3 is 5.32 Å². The zero-order chi connectivity index (χ0) is 19.1. The highest BCUT2D eigenvalue weighted by Crippen LogP contribution is 2.22. The van der Waals surface area contributed by atoms with Crippen molar-refractivity contribution in [2.75, 3.05) is 11.9 Å². The molecule has 3 rings (SSSR count). The predicted octanol–water partition coefficient (Wildman–Crippen LogP) is 3.76. The van der Waals surface area contributed by atoms with Crippen molar-refractivity contribution in [1.82, 2.24) is 4.72 Å². The van der Waals surface area contributed by atoms with Gasteiger partial charge in [-0.3, -0.25) is 4.79 Å². The Morgan fingerprint density at radius 3 is 2.41 bits per heavy atom. The first-order valence-electron chi connectivity index (χ1n) is 8.54. The average Bonchev–Trinajstić information content (AvgIpc) is 2.67. The smallest absolute Gasteiger partial charge is 0.233 e. The standard InChI is InChI=1S/C21H20N2O3S/c24-21(23-20-12-6-10-18-9-4-5-11-19(18)20)13-15-22-27(25,26)16-14-17-7-2-1-3-8-17/h1-12,14,16,22H,13,15H2,(H,23,24)/b16-14+. The van der Waals surface area contributed by atoms with Gasteiger partial charge in [-0.2, -0.15) is 0 Å².